The van der Waals surface area contributed by atoms with Gasteiger partial charge in [0, 0.05) is 18.7 Å². The molecule has 0 saturated carbocycles. The second-order valence-corrected chi connectivity index (χ2v) is 8.76. The zero-order chi connectivity index (χ0) is 26.0. The number of hydrogen-bond acceptors (Lipinski definition) is 10. The summed E-state index contributed by atoms with van der Waals surface area (Å²) in [5, 5.41) is 40.9. The lowest BCUT2D eigenvalue weighted by Crippen LogP contribution is -2.60. The minimum atomic E-state index is -1.68. The van der Waals surface area contributed by atoms with Crippen molar-refractivity contribution in [3.8, 4) is 11.5 Å². The van der Waals surface area contributed by atoms with E-state index in [1.807, 2.05) is 24.3 Å². The Kier molecular flexibility index (Phi) is 7.72. The first-order valence-corrected chi connectivity index (χ1v) is 11.5. The van der Waals surface area contributed by atoms with Crippen LogP contribution in [-0.2, 0) is 16.0 Å². The molecule has 0 bridgehead atoms. The van der Waals surface area contributed by atoms with Gasteiger partial charge >= 0.3 is 5.97 Å². The Bertz CT molecular complexity index is 1250. The van der Waals surface area contributed by atoms with E-state index in [-0.39, 0.29) is 23.5 Å². The molecular formula is C26H28O10. The van der Waals surface area contributed by atoms with Crippen molar-refractivity contribution in [1.29, 1.82) is 0 Å². The molecule has 4 N–H and O–H groups in total. The first-order valence-electron chi connectivity index (χ1n) is 11.5. The zero-order valence-corrected chi connectivity index (χ0v) is 19.8. The molecule has 1 aliphatic heterocycles. The summed E-state index contributed by atoms with van der Waals surface area (Å²) in [7, 11) is 0. The highest BCUT2D eigenvalue weighted by atomic mass is 16.7. The maximum Gasteiger partial charge on any atom is 0.308 e. The zero-order valence-electron chi connectivity index (χ0n) is 19.8. The van der Waals surface area contributed by atoms with Gasteiger partial charge in [0.25, 0.3) is 0 Å². The van der Waals surface area contributed by atoms with Crippen molar-refractivity contribution < 1.29 is 48.6 Å². The molecule has 1 aromatic heterocycles. The number of benzene rings is 2. The SMILES string of the molecule is CC(=O)Oc1cc(C)cc(O[C@@H]2O[C@H](CO)[C@@H](O)[C@H](O)[C@H]2O)c1C(=O)CCc1ccc2occc2c1. The second kappa shape index (κ2) is 10.8. The topological polar surface area (TPSA) is 156 Å². The van der Waals surface area contributed by atoms with E-state index in [1.165, 1.54) is 19.1 Å². The largest absolute Gasteiger partial charge is 0.464 e. The van der Waals surface area contributed by atoms with Gasteiger partial charge in [-0.1, -0.05) is 6.07 Å². The number of rotatable bonds is 8. The van der Waals surface area contributed by atoms with Crippen LogP contribution in [0.15, 0.2) is 47.1 Å². The van der Waals surface area contributed by atoms with Gasteiger partial charge < -0.3 is 39.1 Å². The van der Waals surface area contributed by atoms with Crippen molar-refractivity contribution in [3.05, 3.63) is 59.4 Å². The molecule has 2 heterocycles. The van der Waals surface area contributed by atoms with E-state index < -0.39 is 49.1 Å². The Morgan fingerprint density at radius 3 is 2.47 bits per heavy atom. The van der Waals surface area contributed by atoms with Crippen LogP contribution in [0.5, 0.6) is 11.5 Å². The molecule has 0 spiro atoms. The van der Waals surface area contributed by atoms with Crippen molar-refractivity contribution in [1.82, 2.24) is 0 Å². The van der Waals surface area contributed by atoms with Crippen molar-refractivity contribution in [2.75, 3.05) is 6.61 Å². The Morgan fingerprint density at radius 2 is 1.75 bits per heavy atom. The van der Waals surface area contributed by atoms with Crippen LogP contribution in [0.2, 0.25) is 0 Å². The fourth-order valence-electron chi connectivity index (χ4n) is 4.17. The van der Waals surface area contributed by atoms with Gasteiger partial charge in [-0.2, -0.15) is 0 Å². The Labute approximate surface area is 206 Å². The van der Waals surface area contributed by atoms with Gasteiger partial charge in [-0.3, -0.25) is 9.59 Å². The summed E-state index contributed by atoms with van der Waals surface area (Å²) >= 11 is 0. The second-order valence-electron chi connectivity index (χ2n) is 8.76. The number of fused-ring (bicyclic) bond motifs is 1. The van der Waals surface area contributed by atoms with E-state index in [2.05, 4.69) is 0 Å². The first-order chi connectivity index (χ1) is 17.2. The lowest BCUT2D eigenvalue weighted by molar-refractivity contribution is -0.277. The normalized spacial score (nSPS) is 24.0. The number of ketones is 1. The molecule has 36 heavy (non-hydrogen) atoms. The number of ether oxygens (including phenoxy) is 3. The van der Waals surface area contributed by atoms with Gasteiger partial charge in [-0.15, -0.1) is 0 Å². The van der Waals surface area contributed by atoms with Crippen molar-refractivity contribution >= 4 is 22.7 Å². The third-order valence-electron chi connectivity index (χ3n) is 5.99. The van der Waals surface area contributed by atoms with Crippen LogP contribution in [0.1, 0.15) is 34.8 Å². The fourth-order valence-corrected chi connectivity index (χ4v) is 4.17. The van der Waals surface area contributed by atoms with Gasteiger partial charge in [-0.05, 0) is 54.8 Å². The van der Waals surface area contributed by atoms with Crippen LogP contribution in [0, 0.1) is 6.92 Å². The van der Waals surface area contributed by atoms with Crippen LogP contribution in [0.4, 0.5) is 0 Å². The van der Waals surface area contributed by atoms with Gasteiger partial charge in [0.05, 0.1) is 12.9 Å². The predicted molar refractivity (Wildman–Crippen MR) is 126 cm³/mol. The average molecular weight is 501 g/mol. The lowest BCUT2D eigenvalue weighted by atomic mass is 9.98. The molecule has 192 valence electrons. The third-order valence-corrected chi connectivity index (χ3v) is 5.99. The van der Waals surface area contributed by atoms with Gasteiger partial charge in [0.15, 0.2) is 5.78 Å². The highest BCUT2D eigenvalue weighted by molar-refractivity contribution is 6.02. The molecule has 4 rings (SSSR count). The lowest BCUT2D eigenvalue weighted by Gasteiger charge is -2.39. The summed E-state index contributed by atoms with van der Waals surface area (Å²) in [4.78, 5) is 25.2. The van der Waals surface area contributed by atoms with E-state index in [0.29, 0.717) is 12.0 Å². The number of hydrogen-bond donors (Lipinski definition) is 4. The van der Waals surface area contributed by atoms with Crippen LogP contribution < -0.4 is 9.47 Å². The summed E-state index contributed by atoms with van der Waals surface area (Å²) in [6, 6.07) is 10.4. The molecule has 0 aliphatic carbocycles. The minimum absolute atomic E-state index is 0.0163. The number of carbonyl (C=O) groups excluding carboxylic acids is 2. The van der Waals surface area contributed by atoms with Gasteiger partial charge in [0.2, 0.25) is 6.29 Å². The molecule has 0 radical (unpaired) electrons. The van der Waals surface area contributed by atoms with E-state index >= 15 is 0 Å². The number of Topliss-reactive ketones (excluding diaryl/α,β-unsaturated/α-hetero) is 1. The maximum atomic E-state index is 13.4. The number of carbonyl (C=O) groups is 2. The summed E-state index contributed by atoms with van der Waals surface area (Å²) in [6.45, 7) is 2.26. The average Bonchev–Trinajstić information content (AvgIpc) is 3.30. The van der Waals surface area contributed by atoms with Gasteiger partial charge in [0.1, 0.15) is 47.1 Å². The molecule has 1 aliphatic rings. The highest BCUT2D eigenvalue weighted by Crippen LogP contribution is 2.35. The van der Waals surface area contributed by atoms with E-state index in [4.69, 9.17) is 18.6 Å². The van der Waals surface area contributed by atoms with Crippen molar-refractivity contribution in [2.45, 2.75) is 57.4 Å². The molecule has 0 unspecified atom stereocenters. The Morgan fingerprint density at radius 1 is 1.00 bits per heavy atom. The predicted octanol–water partition coefficient (Wildman–Crippen LogP) is 1.66. The number of aryl methyl sites for hydroxylation is 2. The molecule has 1 saturated heterocycles. The minimum Gasteiger partial charge on any atom is -0.464 e. The fraction of sp³-hybridized carbons (Fsp3) is 0.385. The Balaban J connectivity index is 1.63. The molecule has 1 fully saturated rings. The van der Waals surface area contributed by atoms with E-state index in [1.54, 1.807) is 13.2 Å². The maximum absolute atomic E-state index is 13.4. The molecule has 10 heteroatoms. The molecule has 0 amide bonds. The van der Waals surface area contributed by atoms with Crippen LogP contribution >= 0.6 is 0 Å². The van der Waals surface area contributed by atoms with Crippen LogP contribution in [0.25, 0.3) is 11.0 Å². The Hall–Kier alpha value is -3.28. The van der Waals surface area contributed by atoms with Crippen LogP contribution in [0.3, 0.4) is 0 Å². The molecule has 5 atom stereocenters. The highest BCUT2D eigenvalue weighted by Gasteiger charge is 2.45. The van der Waals surface area contributed by atoms with Crippen molar-refractivity contribution in [2.24, 2.45) is 0 Å². The summed E-state index contributed by atoms with van der Waals surface area (Å²) < 4.78 is 21.9. The monoisotopic (exact) mass is 500 g/mol. The quantitative estimate of drug-likeness (QED) is 0.204. The summed E-state index contributed by atoms with van der Waals surface area (Å²) in [6.07, 6.45) is -5.59. The van der Waals surface area contributed by atoms with E-state index in [0.717, 1.165) is 16.5 Å². The molecule has 2 aromatic carbocycles. The summed E-state index contributed by atoms with van der Waals surface area (Å²) in [5.74, 6) is -1.08. The summed E-state index contributed by atoms with van der Waals surface area (Å²) in [5.41, 5.74) is 2.19. The van der Waals surface area contributed by atoms with Gasteiger partial charge in [-0.25, -0.2) is 0 Å². The smallest absolute Gasteiger partial charge is 0.308 e. The number of furan rings is 1. The number of aliphatic hydroxyl groups excluding tert-OH is 4. The molecular weight excluding hydrogens is 472 g/mol. The molecule has 3 aromatic rings. The first kappa shape index (κ1) is 25.8. The number of aliphatic hydroxyl groups is 4. The third kappa shape index (κ3) is 5.43. The standard InChI is InChI=1S/C26H28O10/c1-13-9-19(34-14(2)28)22(17(29)5-3-15-4-6-18-16(11-15)7-8-33-18)20(10-13)35-26-25(32)24(31)23(30)21(12-27)36-26/h4,6-11,21,23-27,30-32H,3,5,12H2,1-2H3/t21-,23-,24+,25-,26-/m1/s1. The van der Waals surface area contributed by atoms with Crippen molar-refractivity contribution in [3.63, 3.8) is 0 Å². The van der Waals surface area contributed by atoms with Crippen LogP contribution in [-0.4, -0.2) is 69.5 Å². The van der Waals surface area contributed by atoms with E-state index in [9.17, 15) is 30.0 Å². The molecule has 10 nitrogen and oxygen atoms in total. The number of esters is 1.